The number of methoxy groups -OCH3 is 2. The van der Waals surface area contributed by atoms with Gasteiger partial charge in [-0.3, -0.25) is 0 Å². The second kappa shape index (κ2) is 13.9. The summed E-state index contributed by atoms with van der Waals surface area (Å²) in [5.41, 5.74) is 5.17. The third-order valence-corrected chi connectivity index (χ3v) is 8.04. The maximum Gasteiger partial charge on any atom is 0.119 e. The summed E-state index contributed by atoms with van der Waals surface area (Å²) in [6.45, 7) is 8.22. The van der Waals surface area contributed by atoms with Crippen LogP contribution in [-0.4, -0.2) is 42.8 Å². The van der Waals surface area contributed by atoms with Crippen LogP contribution in [-0.2, 0) is 6.54 Å². The molecule has 1 heterocycles. The second-order valence-electron chi connectivity index (χ2n) is 10.8. The van der Waals surface area contributed by atoms with Crippen LogP contribution in [0.3, 0.4) is 0 Å². The van der Waals surface area contributed by atoms with E-state index in [-0.39, 0.29) is 0 Å². The van der Waals surface area contributed by atoms with Gasteiger partial charge in [0.1, 0.15) is 11.5 Å². The number of rotatable bonds is 17. The molecule has 0 N–H and O–H groups in total. The fourth-order valence-electron chi connectivity index (χ4n) is 5.83. The molecule has 0 atom stereocenters. The van der Waals surface area contributed by atoms with Gasteiger partial charge >= 0.3 is 0 Å². The average molecular weight is 505 g/mol. The lowest BCUT2D eigenvalue weighted by molar-refractivity contribution is 0.257. The van der Waals surface area contributed by atoms with Crippen LogP contribution in [0.5, 0.6) is 11.5 Å². The molecule has 0 spiro atoms. The van der Waals surface area contributed by atoms with Crippen molar-refractivity contribution >= 4 is 10.9 Å². The summed E-state index contributed by atoms with van der Waals surface area (Å²) in [7, 11) is 3.47. The van der Waals surface area contributed by atoms with E-state index in [1.54, 1.807) is 14.2 Å². The van der Waals surface area contributed by atoms with Crippen LogP contribution in [0.15, 0.2) is 42.5 Å². The minimum absolute atomic E-state index is 0.895. The van der Waals surface area contributed by atoms with Crippen molar-refractivity contribution in [2.75, 3.05) is 27.3 Å². The molecule has 0 radical (unpaired) electrons. The van der Waals surface area contributed by atoms with E-state index in [1.807, 2.05) is 0 Å². The van der Waals surface area contributed by atoms with Crippen molar-refractivity contribution < 1.29 is 9.47 Å². The van der Waals surface area contributed by atoms with E-state index >= 15 is 0 Å². The first kappa shape index (κ1) is 27.6. The first-order valence-corrected chi connectivity index (χ1v) is 14.7. The molecule has 1 aromatic heterocycles. The Hall–Kier alpha value is -2.46. The SMILES string of the molecule is CCCN(CCCCCCCCCCn1c(-c2ccc(OC)cc2)c(C)c2cc(OC)ccc21)C1CC1. The number of hydrogen-bond donors (Lipinski definition) is 0. The minimum Gasteiger partial charge on any atom is -0.497 e. The molecule has 2 aromatic carbocycles. The first-order valence-electron chi connectivity index (χ1n) is 14.7. The van der Waals surface area contributed by atoms with E-state index in [1.165, 1.54) is 111 Å². The number of aryl methyl sites for hydroxylation is 2. The molecular formula is C33H48N2O2. The van der Waals surface area contributed by atoms with Gasteiger partial charge in [-0.15, -0.1) is 0 Å². The monoisotopic (exact) mass is 504 g/mol. The summed E-state index contributed by atoms with van der Waals surface area (Å²) < 4.78 is 13.4. The lowest BCUT2D eigenvalue weighted by Crippen LogP contribution is -2.27. The number of aromatic nitrogens is 1. The molecule has 1 saturated carbocycles. The van der Waals surface area contributed by atoms with Crippen molar-refractivity contribution in [2.24, 2.45) is 0 Å². The molecule has 1 aliphatic carbocycles. The maximum absolute atomic E-state index is 5.53. The Morgan fingerprint density at radius 2 is 1.41 bits per heavy atom. The van der Waals surface area contributed by atoms with Crippen LogP contribution in [0.2, 0.25) is 0 Å². The van der Waals surface area contributed by atoms with Crippen molar-refractivity contribution in [3.8, 4) is 22.8 Å². The molecule has 0 bridgehead atoms. The van der Waals surface area contributed by atoms with Crippen molar-refractivity contribution in [3.05, 3.63) is 48.0 Å². The third kappa shape index (κ3) is 7.31. The van der Waals surface area contributed by atoms with E-state index < -0.39 is 0 Å². The smallest absolute Gasteiger partial charge is 0.119 e. The molecule has 1 fully saturated rings. The van der Waals surface area contributed by atoms with E-state index in [2.05, 4.69) is 65.8 Å². The molecule has 0 unspecified atom stereocenters. The Kier molecular flexibility index (Phi) is 10.4. The number of hydrogen-bond acceptors (Lipinski definition) is 3. The molecule has 3 aromatic rings. The predicted molar refractivity (Wildman–Crippen MR) is 157 cm³/mol. The van der Waals surface area contributed by atoms with Crippen LogP contribution in [0.25, 0.3) is 22.2 Å². The standard InChI is InChI=1S/C33H48N2O2/c1-5-22-34(28-16-17-28)23-12-10-8-6-7-9-11-13-24-35-32-21-20-30(37-4)25-31(32)26(2)33(35)27-14-18-29(36-3)19-15-27/h14-15,18-21,25,28H,5-13,16-17,22-24H2,1-4H3. The number of nitrogens with zero attached hydrogens (tertiary/aromatic N) is 2. The lowest BCUT2D eigenvalue weighted by atomic mass is 10.1. The van der Waals surface area contributed by atoms with Gasteiger partial charge < -0.3 is 18.9 Å². The minimum atomic E-state index is 0.895. The Balaban J connectivity index is 1.27. The molecule has 37 heavy (non-hydrogen) atoms. The van der Waals surface area contributed by atoms with Crippen LogP contribution in [0, 0.1) is 6.92 Å². The average Bonchev–Trinajstić information content (AvgIpc) is 3.74. The number of fused-ring (bicyclic) bond motifs is 1. The Bertz CT molecular complexity index is 1100. The van der Waals surface area contributed by atoms with Gasteiger partial charge in [0.15, 0.2) is 0 Å². The highest BCUT2D eigenvalue weighted by molar-refractivity contribution is 5.92. The van der Waals surface area contributed by atoms with Crippen LogP contribution < -0.4 is 9.47 Å². The quantitative estimate of drug-likeness (QED) is 0.172. The topological polar surface area (TPSA) is 26.6 Å². The molecule has 4 nitrogen and oxygen atoms in total. The summed E-state index contributed by atoms with van der Waals surface area (Å²) >= 11 is 0. The zero-order valence-electron chi connectivity index (χ0n) is 23.7. The van der Waals surface area contributed by atoms with Crippen molar-refractivity contribution in [2.45, 2.75) is 97.1 Å². The van der Waals surface area contributed by atoms with E-state index in [4.69, 9.17) is 9.47 Å². The van der Waals surface area contributed by atoms with Gasteiger partial charge in [0.2, 0.25) is 0 Å². The summed E-state index contributed by atoms with van der Waals surface area (Å²) in [5, 5.41) is 1.28. The highest BCUT2D eigenvalue weighted by Gasteiger charge is 2.27. The Morgan fingerprint density at radius 1 is 0.784 bits per heavy atom. The zero-order chi connectivity index (χ0) is 26.0. The van der Waals surface area contributed by atoms with Crippen molar-refractivity contribution in [1.29, 1.82) is 0 Å². The summed E-state index contributed by atoms with van der Waals surface area (Å²) in [4.78, 5) is 2.74. The molecule has 0 saturated heterocycles. The van der Waals surface area contributed by atoms with Crippen molar-refractivity contribution in [1.82, 2.24) is 9.47 Å². The van der Waals surface area contributed by atoms with E-state index in [9.17, 15) is 0 Å². The van der Waals surface area contributed by atoms with Gasteiger partial charge in [-0.2, -0.15) is 0 Å². The lowest BCUT2D eigenvalue weighted by Gasteiger charge is -2.20. The van der Waals surface area contributed by atoms with Crippen molar-refractivity contribution in [3.63, 3.8) is 0 Å². The zero-order valence-corrected chi connectivity index (χ0v) is 23.7. The van der Waals surface area contributed by atoms with Gasteiger partial charge in [-0.25, -0.2) is 0 Å². The molecule has 0 aliphatic heterocycles. The Morgan fingerprint density at radius 3 is 2.03 bits per heavy atom. The molecule has 1 aliphatic rings. The van der Waals surface area contributed by atoms with E-state index in [0.29, 0.717) is 0 Å². The molecular weight excluding hydrogens is 456 g/mol. The molecule has 4 rings (SSSR count). The number of benzene rings is 2. The summed E-state index contributed by atoms with van der Waals surface area (Å²) in [6.07, 6.45) is 15.0. The maximum atomic E-state index is 5.53. The fraction of sp³-hybridized carbons (Fsp3) is 0.576. The third-order valence-electron chi connectivity index (χ3n) is 8.04. The summed E-state index contributed by atoms with van der Waals surface area (Å²) in [5.74, 6) is 1.81. The predicted octanol–water partition coefficient (Wildman–Crippen LogP) is 8.63. The highest BCUT2D eigenvalue weighted by atomic mass is 16.5. The van der Waals surface area contributed by atoms with Gasteiger partial charge in [-0.1, -0.05) is 45.4 Å². The van der Waals surface area contributed by atoms with Crippen LogP contribution >= 0.6 is 0 Å². The normalized spacial score (nSPS) is 13.5. The van der Waals surface area contributed by atoms with Gasteiger partial charge in [-0.05, 0) is 106 Å². The fourth-order valence-corrected chi connectivity index (χ4v) is 5.83. The summed E-state index contributed by atoms with van der Waals surface area (Å²) in [6, 6.07) is 15.9. The Labute approximate surface area is 225 Å². The second-order valence-corrected chi connectivity index (χ2v) is 10.8. The van der Waals surface area contributed by atoms with Gasteiger partial charge in [0.25, 0.3) is 0 Å². The van der Waals surface area contributed by atoms with Crippen LogP contribution in [0.4, 0.5) is 0 Å². The number of ether oxygens (including phenoxy) is 2. The first-order chi connectivity index (χ1) is 18.2. The molecule has 0 amide bonds. The molecule has 202 valence electrons. The number of unbranched alkanes of at least 4 members (excludes halogenated alkanes) is 7. The molecule has 4 heteroatoms. The van der Waals surface area contributed by atoms with Gasteiger partial charge in [0, 0.05) is 23.5 Å². The van der Waals surface area contributed by atoms with Gasteiger partial charge in [0.05, 0.1) is 19.9 Å². The largest absolute Gasteiger partial charge is 0.497 e. The van der Waals surface area contributed by atoms with Crippen LogP contribution in [0.1, 0.15) is 83.1 Å². The van der Waals surface area contributed by atoms with E-state index in [0.717, 1.165) is 24.1 Å². The highest BCUT2D eigenvalue weighted by Crippen LogP contribution is 2.36.